The predicted octanol–water partition coefficient (Wildman–Crippen LogP) is 2.90. The Kier molecular flexibility index (Phi) is 4.32. The molecule has 1 aromatic carbocycles. The molecule has 0 aromatic heterocycles. The molecule has 1 fully saturated rings. The summed E-state index contributed by atoms with van der Waals surface area (Å²) in [4.78, 5) is 21.6. The summed E-state index contributed by atoms with van der Waals surface area (Å²) in [6, 6.07) is 3.20. The molecule has 0 bridgehead atoms. The Balaban J connectivity index is 1.99. The number of carbonyl (C=O) groups excluding carboxylic acids is 1. The van der Waals surface area contributed by atoms with Crippen molar-refractivity contribution in [2.45, 2.75) is 26.2 Å². The van der Waals surface area contributed by atoms with Crippen LogP contribution >= 0.6 is 0 Å². The van der Waals surface area contributed by atoms with Crippen molar-refractivity contribution in [3.8, 4) is 0 Å². The highest BCUT2D eigenvalue weighted by atomic mass is 19.1. The van der Waals surface area contributed by atoms with E-state index in [1.807, 2.05) is 0 Å². The van der Waals surface area contributed by atoms with Crippen molar-refractivity contribution in [1.82, 2.24) is 5.32 Å². The summed E-state index contributed by atoms with van der Waals surface area (Å²) in [6.45, 7) is 2.73. The summed E-state index contributed by atoms with van der Waals surface area (Å²) in [5.41, 5.74) is -0.510. The van der Waals surface area contributed by atoms with Crippen LogP contribution in [0.1, 0.15) is 36.5 Å². The lowest BCUT2D eigenvalue weighted by Crippen LogP contribution is -2.30. The molecule has 1 aliphatic rings. The van der Waals surface area contributed by atoms with Crippen LogP contribution in [0.4, 0.5) is 10.1 Å². The number of nitro groups is 1. The van der Waals surface area contributed by atoms with Crippen LogP contribution in [0.5, 0.6) is 0 Å². The van der Waals surface area contributed by atoms with Gasteiger partial charge in [-0.15, -0.1) is 0 Å². The monoisotopic (exact) mass is 280 g/mol. The van der Waals surface area contributed by atoms with Gasteiger partial charge >= 0.3 is 5.69 Å². The first-order valence-corrected chi connectivity index (χ1v) is 6.71. The van der Waals surface area contributed by atoms with Gasteiger partial charge in [0.05, 0.1) is 4.92 Å². The first-order valence-electron chi connectivity index (χ1n) is 6.71. The molecule has 1 N–H and O–H groups in total. The van der Waals surface area contributed by atoms with E-state index >= 15 is 0 Å². The second kappa shape index (κ2) is 5.98. The van der Waals surface area contributed by atoms with Crippen LogP contribution in [0.15, 0.2) is 18.2 Å². The zero-order valence-electron chi connectivity index (χ0n) is 11.3. The lowest BCUT2D eigenvalue weighted by atomic mass is 9.98. The molecule has 1 aromatic rings. The number of nitrogens with zero attached hydrogens (tertiary/aromatic N) is 1. The van der Waals surface area contributed by atoms with Gasteiger partial charge in [-0.05, 0) is 30.4 Å². The topological polar surface area (TPSA) is 72.2 Å². The SMILES string of the molecule is CC1CCCC1CNC(=O)c1ccc([N+](=O)[O-])c(F)c1. The van der Waals surface area contributed by atoms with Crippen molar-refractivity contribution in [2.75, 3.05) is 6.54 Å². The third kappa shape index (κ3) is 3.12. The highest BCUT2D eigenvalue weighted by Gasteiger charge is 2.24. The molecule has 2 atom stereocenters. The maximum Gasteiger partial charge on any atom is 0.304 e. The summed E-state index contributed by atoms with van der Waals surface area (Å²) >= 11 is 0. The van der Waals surface area contributed by atoms with Crippen molar-refractivity contribution < 1.29 is 14.1 Å². The Labute approximate surface area is 116 Å². The van der Waals surface area contributed by atoms with Crippen molar-refractivity contribution >= 4 is 11.6 Å². The zero-order valence-corrected chi connectivity index (χ0v) is 11.3. The van der Waals surface area contributed by atoms with Gasteiger partial charge in [-0.2, -0.15) is 4.39 Å². The zero-order chi connectivity index (χ0) is 14.7. The number of halogens is 1. The number of benzene rings is 1. The van der Waals surface area contributed by atoms with Crippen molar-refractivity contribution in [3.05, 3.63) is 39.7 Å². The van der Waals surface area contributed by atoms with Crippen LogP contribution in [0.3, 0.4) is 0 Å². The summed E-state index contributed by atoms with van der Waals surface area (Å²) in [7, 11) is 0. The highest BCUT2D eigenvalue weighted by molar-refractivity contribution is 5.94. The largest absolute Gasteiger partial charge is 0.352 e. The lowest BCUT2D eigenvalue weighted by molar-refractivity contribution is -0.387. The van der Waals surface area contributed by atoms with Gasteiger partial charge in [0.2, 0.25) is 5.82 Å². The average molecular weight is 280 g/mol. The maximum atomic E-state index is 13.4. The predicted molar refractivity (Wildman–Crippen MR) is 71.9 cm³/mol. The number of hydrogen-bond donors (Lipinski definition) is 1. The number of nitro benzene ring substituents is 1. The van der Waals surface area contributed by atoms with Crippen molar-refractivity contribution in [1.29, 1.82) is 0 Å². The van der Waals surface area contributed by atoms with Crippen LogP contribution in [-0.4, -0.2) is 17.4 Å². The first kappa shape index (κ1) is 14.4. The van der Waals surface area contributed by atoms with E-state index < -0.39 is 22.3 Å². The fourth-order valence-electron chi connectivity index (χ4n) is 2.65. The molecule has 0 aliphatic heterocycles. The molecular formula is C14H17FN2O3. The van der Waals surface area contributed by atoms with Gasteiger partial charge in [0, 0.05) is 18.2 Å². The fraction of sp³-hybridized carbons (Fsp3) is 0.500. The molecule has 5 nitrogen and oxygen atoms in total. The van der Waals surface area contributed by atoms with E-state index in [-0.39, 0.29) is 5.56 Å². The summed E-state index contributed by atoms with van der Waals surface area (Å²) < 4.78 is 13.4. The van der Waals surface area contributed by atoms with Crippen molar-refractivity contribution in [3.63, 3.8) is 0 Å². The second-order valence-corrected chi connectivity index (χ2v) is 5.30. The van der Waals surface area contributed by atoms with E-state index in [2.05, 4.69) is 12.2 Å². The van der Waals surface area contributed by atoms with Crippen molar-refractivity contribution in [2.24, 2.45) is 11.8 Å². The molecular weight excluding hydrogens is 263 g/mol. The summed E-state index contributed by atoms with van der Waals surface area (Å²) in [5, 5.41) is 13.3. The van der Waals surface area contributed by atoms with E-state index in [0.29, 0.717) is 18.4 Å². The molecule has 1 amide bonds. The number of rotatable bonds is 4. The summed E-state index contributed by atoms with van der Waals surface area (Å²) in [5.74, 6) is -0.333. The molecule has 20 heavy (non-hydrogen) atoms. The Hall–Kier alpha value is -1.98. The van der Waals surface area contributed by atoms with E-state index in [0.717, 1.165) is 18.6 Å². The van der Waals surface area contributed by atoms with Crippen LogP contribution in [0, 0.1) is 27.8 Å². The number of nitrogens with one attached hydrogen (secondary N) is 1. The van der Waals surface area contributed by atoms with Gasteiger partial charge in [-0.1, -0.05) is 19.8 Å². The van der Waals surface area contributed by atoms with Gasteiger partial charge < -0.3 is 5.32 Å². The van der Waals surface area contributed by atoms with Gasteiger partial charge in [-0.25, -0.2) is 0 Å². The molecule has 108 valence electrons. The van der Waals surface area contributed by atoms with E-state index in [9.17, 15) is 19.3 Å². The minimum atomic E-state index is -0.989. The maximum absolute atomic E-state index is 13.4. The van der Waals surface area contributed by atoms with E-state index in [1.54, 1.807) is 0 Å². The quantitative estimate of drug-likeness (QED) is 0.680. The van der Waals surface area contributed by atoms with Gasteiger partial charge in [0.15, 0.2) is 0 Å². The van der Waals surface area contributed by atoms with Crippen LogP contribution in [-0.2, 0) is 0 Å². The average Bonchev–Trinajstić information content (AvgIpc) is 2.81. The molecule has 1 saturated carbocycles. The molecule has 0 saturated heterocycles. The molecule has 0 spiro atoms. The highest BCUT2D eigenvalue weighted by Crippen LogP contribution is 2.30. The Morgan fingerprint density at radius 3 is 2.80 bits per heavy atom. The molecule has 0 radical (unpaired) electrons. The second-order valence-electron chi connectivity index (χ2n) is 5.30. The number of carbonyl (C=O) groups is 1. The normalized spacial score (nSPS) is 21.7. The van der Waals surface area contributed by atoms with Crippen LogP contribution in [0.2, 0.25) is 0 Å². The number of hydrogen-bond acceptors (Lipinski definition) is 3. The standard InChI is InChI=1S/C14H17FN2O3/c1-9-3-2-4-11(9)8-16-14(18)10-5-6-13(17(19)20)12(15)7-10/h5-7,9,11H,2-4,8H2,1H3,(H,16,18). The van der Waals surface area contributed by atoms with E-state index in [1.165, 1.54) is 18.9 Å². The van der Waals surface area contributed by atoms with E-state index in [4.69, 9.17) is 0 Å². The van der Waals surface area contributed by atoms with Crippen LogP contribution < -0.4 is 5.32 Å². The molecule has 6 heteroatoms. The fourth-order valence-corrected chi connectivity index (χ4v) is 2.65. The Morgan fingerprint density at radius 2 is 2.25 bits per heavy atom. The molecule has 2 rings (SSSR count). The molecule has 1 aliphatic carbocycles. The molecule has 2 unspecified atom stereocenters. The smallest absolute Gasteiger partial charge is 0.304 e. The Morgan fingerprint density at radius 1 is 1.50 bits per heavy atom. The minimum Gasteiger partial charge on any atom is -0.352 e. The molecule has 0 heterocycles. The third-order valence-corrected chi connectivity index (χ3v) is 3.97. The third-order valence-electron chi connectivity index (χ3n) is 3.97. The lowest BCUT2D eigenvalue weighted by Gasteiger charge is -2.15. The van der Waals surface area contributed by atoms with Crippen LogP contribution in [0.25, 0.3) is 0 Å². The minimum absolute atomic E-state index is 0.110. The number of amides is 1. The Bertz CT molecular complexity index is 533. The van der Waals surface area contributed by atoms with Gasteiger partial charge in [0.25, 0.3) is 5.91 Å². The van der Waals surface area contributed by atoms with Gasteiger partial charge in [0.1, 0.15) is 0 Å². The first-order chi connectivity index (χ1) is 9.49. The van der Waals surface area contributed by atoms with Gasteiger partial charge in [-0.3, -0.25) is 14.9 Å². The summed E-state index contributed by atoms with van der Waals surface area (Å²) in [6.07, 6.45) is 3.44.